The van der Waals surface area contributed by atoms with Gasteiger partial charge in [0.1, 0.15) is 12.3 Å². The Morgan fingerprint density at radius 2 is 2.17 bits per heavy atom. The number of hydrogen-bond acceptors (Lipinski definition) is 3. The lowest BCUT2D eigenvalue weighted by atomic mass is 10.2. The molecule has 1 aliphatic carbocycles. The summed E-state index contributed by atoms with van der Waals surface area (Å²) in [5, 5.41) is 8.90. The van der Waals surface area contributed by atoms with Gasteiger partial charge in [0.2, 0.25) is 5.91 Å². The number of benzene rings is 1. The van der Waals surface area contributed by atoms with Crippen LogP contribution in [0.4, 0.5) is 5.69 Å². The average Bonchev–Trinajstić information content (AvgIpc) is 3.19. The molecule has 1 fully saturated rings. The van der Waals surface area contributed by atoms with Gasteiger partial charge in [0.15, 0.2) is 0 Å². The van der Waals surface area contributed by atoms with Crippen molar-refractivity contribution < 1.29 is 19.4 Å². The highest BCUT2D eigenvalue weighted by atomic mass is 16.5. The molecular formula is C13H15NO4. The zero-order chi connectivity index (χ0) is 13.1. The first-order chi connectivity index (χ1) is 8.61. The molecular weight excluding hydrogens is 234 g/mol. The van der Waals surface area contributed by atoms with Gasteiger partial charge >= 0.3 is 5.97 Å². The van der Waals surface area contributed by atoms with Crippen molar-refractivity contribution in [3.8, 4) is 5.75 Å². The fraction of sp³-hybridized carbons (Fsp3) is 0.385. The predicted molar refractivity (Wildman–Crippen MR) is 65.7 cm³/mol. The summed E-state index contributed by atoms with van der Waals surface area (Å²) in [5.74, 6) is -0.556. The van der Waals surface area contributed by atoms with E-state index < -0.39 is 5.97 Å². The number of carboxylic acids is 1. The van der Waals surface area contributed by atoms with Crippen molar-refractivity contribution in [1.82, 2.24) is 0 Å². The molecule has 96 valence electrons. The summed E-state index contributed by atoms with van der Waals surface area (Å²) in [7, 11) is 1.53. The van der Waals surface area contributed by atoms with Crippen LogP contribution in [0.5, 0.6) is 5.75 Å². The molecule has 5 nitrogen and oxygen atoms in total. The van der Waals surface area contributed by atoms with Crippen LogP contribution >= 0.6 is 0 Å². The lowest BCUT2D eigenvalue weighted by molar-refractivity contribution is -0.136. The number of aliphatic carboxylic acids is 1. The summed E-state index contributed by atoms with van der Waals surface area (Å²) in [4.78, 5) is 24.2. The monoisotopic (exact) mass is 249 g/mol. The van der Waals surface area contributed by atoms with E-state index in [1.165, 1.54) is 12.0 Å². The molecule has 0 unspecified atom stereocenters. The van der Waals surface area contributed by atoms with E-state index in [-0.39, 0.29) is 18.4 Å². The number of carbonyl (C=O) groups excluding carboxylic acids is 1. The quantitative estimate of drug-likeness (QED) is 0.859. The summed E-state index contributed by atoms with van der Waals surface area (Å²) in [6, 6.07) is 6.88. The Morgan fingerprint density at radius 3 is 2.72 bits per heavy atom. The molecule has 0 atom stereocenters. The SMILES string of the molecule is COc1cccc(N(CC(=O)O)C(=O)C2CC2)c1. The van der Waals surface area contributed by atoms with E-state index in [0.29, 0.717) is 11.4 Å². The zero-order valence-electron chi connectivity index (χ0n) is 10.1. The largest absolute Gasteiger partial charge is 0.497 e. The van der Waals surface area contributed by atoms with Gasteiger partial charge in [-0.1, -0.05) is 6.07 Å². The highest BCUT2D eigenvalue weighted by molar-refractivity contribution is 5.99. The molecule has 0 aromatic heterocycles. The van der Waals surface area contributed by atoms with Crippen molar-refractivity contribution in [3.05, 3.63) is 24.3 Å². The molecule has 0 spiro atoms. The van der Waals surface area contributed by atoms with Crippen LogP contribution < -0.4 is 9.64 Å². The third kappa shape index (κ3) is 2.80. The van der Waals surface area contributed by atoms with Gasteiger partial charge in [-0.15, -0.1) is 0 Å². The number of methoxy groups -OCH3 is 1. The van der Waals surface area contributed by atoms with E-state index in [0.717, 1.165) is 12.8 Å². The van der Waals surface area contributed by atoms with Crippen molar-refractivity contribution >= 4 is 17.6 Å². The van der Waals surface area contributed by atoms with Crippen LogP contribution in [0.15, 0.2) is 24.3 Å². The fourth-order valence-electron chi connectivity index (χ4n) is 1.76. The van der Waals surface area contributed by atoms with Gasteiger partial charge in [-0.3, -0.25) is 9.59 Å². The van der Waals surface area contributed by atoms with Crippen LogP contribution in [0, 0.1) is 5.92 Å². The van der Waals surface area contributed by atoms with E-state index in [9.17, 15) is 9.59 Å². The summed E-state index contributed by atoms with van der Waals surface area (Å²) in [5.41, 5.74) is 0.564. The third-order valence-electron chi connectivity index (χ3n) is 2.85. The molecule has 1 aromatic rings. The van der Waals surface area contributed by atoms with E-state index in [4.69, 9.17) is 9.84 Å². The number of anilines is 1. The van der Waals surface area contributed by atoms with E-state index in [1.807, 2.05) is 0 Å². The molecule has 1 aliphatic rings. The second-order valence-electron chi connectivity index (χ2n) is 4.29. The van der Waals surface area contributed by atoms with Crippen molar-refractivity contribution in [2.24, 2.45) is 5.92 Å². The topological polar surface area (TPSA) is 66.8 Å². The number of carboxylic acid groups (broad SMARTS) is 1. The molecule has 0 radical (unpaired) electrons. The van der Waals surface area contributed by atoms with Gasteiger partial charge < -0.3 is 14.7 Å². The van der Waals surface area contributed by atoms with Crippen molar-refractivity contribution in [3.63, 3.8) is 0 Å². The molecule has 1 saturated carbocycles. The van der Waals surface area contributed by atoms with Crippen LogP contribution in [-0.2, 0) is 9.59 Å². The van der Waals surface area contributed by atoms with Crippen LogP contribution in [-0.4, -0.2) is 30.6 Å². The standard InChI is InChI=1S/C13H15NO4/c1-18-11-4-2-3-10(7-11)14(8-12(15)16)13(17)9-5-6-9/h2-4,7,9H,5-6,8H2,1H3,(H,15,16). The van der Waals surface area contributed by atoms with Crippen LogP contribution in [0.25, 0.3) is 0 Å². The predicted octanol–water partition coefficient (Wildman–Crippen LogP) is 1.52. The van der Waals surface area contributed by atoms with Gasteiger partial charge in [-0.25, -0.2) is 0 Å². The summed E-state index contributed by atoms with van der Waals surface area (Å²) in [6.07, 6.45) is 1.69. The highest BCUT2D eigenvalue weighted by Crippen LogP contribution is 2.33. The van der Waals surface area contributed by atoms with Crippen LogP contribution in [0.3, 0.4) is 0 Å². The lowest BCUT2D eigenvalue weighted by Gasteiger charge is -2.21. The first-order valence-corrected chi connectivity index (χ1v) is 5.79. The third-order valence-corrected chi connectivity index (χ3v) is 2.85. The first-order valence-electron chi connectivity index (χ1n) is 5.79. The van der Waals surface area contributed by atoms with Gasteiger partial charge in [0.25, 0.3) is 0 Å². The maximum atomic E-state index is 12.1. The minimum atomic E-state index is -1.02. The van der Waals surface area contributed by atoms with Gasteiger partial charge in [0, 0.05) is 17.7 Å². The number of amides is 1. The average molecular weight is 249 g/mol. The smallest absolute Gasteiger partial charge is 0.323 e. The van der Waals surface area contributed by atoms with Gasteiger partial charge in [0.05, 0.1) is 7.11 Å². The number of rotatable bonds is 5. The minimum absolute atomic E-state index is 0.0180. The second kappa shape index (κ2) is 5.08. The summed E-state index contributed by atoms with van der Waals surface area (Å²) >= 11 is 0. The Bertz CT molecular complexity index is 468. The Balaban J connectivity index is 2.25. The highest BCUT2D eigenvalue weighted by Gasteiger charge is 2.34. The molecule has 1 N–H and O–H groups in total. The second-order valence-corrected chi connectivity index (χ2v) is 4.29. The normalized spacial score (nSPS) is 14.1. The Morgan fingerprint density at radius 1 is 1.44 bits per heavy atom. The first kappa shape index (κ1) is 12.4. The summed E-state index contributed by atoms with van der Waals surface area (Å²) < 4.78 is 5.08. The van der Waals surface area contributed by atoms with E-state index >= 15 is 0 Å². The molecule has 1 aromatic carbocycles. The Labute approximate surface area is 105 Å². The van der Waals surface area contributed by atoms with Crippen molar-refractivity contribution in [2.45, 2.75) is 12.8 Å². The zero-order valence-corrected chi connectivity index (χ0v) is 10.1. The lowest BCUT2D eigenvalue weighted by Crippen LogP contribution is -2.36. The number of nitrogens with zero attached hydrogens (tertiary/aromatic N) is 1. The van der Waals surface area contributed by atoms with E-state index in [1.54, 1.807) is 24.3 Å². The van der Waals surface area contributed by atoms with Crippen LogP contribution in [0.1, 0.15) is 12.8 Å². The molecule has 1 amide bonds. The van der Waals surface area contributed by atoms with Crippen LogP contribution in [0.2, 0.25) is 0 Å². The molecule has 18 heavy (non-hydrogen) atoms. The van der Waals surface area contributed by atoms with Crippen molar-refractivity contribution in [1.29, 1.82) is 0 Å². The van der Waals surface area contributed by atoms with Crippen molar-refractivity contribution in [2.75, 3.05) is 18.6 Å². The van der Waals surface area contributed by atoms with Gasteiger partial charge in [-0.05, 0) is 25.0 Å². The Kier molecular flexibility index (Phi) is 3.50. The Hall–Kier alpha value is -2.04. The number of carbonyl (C=O) groups is 2. The molecule has 5 heteroatoms. The number of ether oxygens (including phenoxy) is 1. The molecule has 0 heterocycles. The van der Waals surface area contributed by atoms with E-state index in [2.05, 4.69) is 0 Å². The maximum absolute atomic E-state index is 12.1. The fourth-order valence-corrected chi connectivity index (χ4v) is 1.76. The molecule has 2 rings (SSSR count). The molecule has 0 bridgehead atoms. The number of hydrogen-bond donors (Lipinski definition) is 1. The molecule has 0 saturated heterocycles. The molecule has 0 aliphatic heterocycles. The van der Waals surface area contributed by atoms with Gasteiger partial charge in [-0.2, -0.15) is 0 Å². The minimum Gasteiger partial charge on any atom is -0.497 e. The summed E-state index contributed by atoms with van der Waals surface area (Å²) in [6.45, 7) is -0.317. The maximum Gasteiger partial charge on any atom is 0.323 e.